The maximum Gasteiger partial charge on any atom is 0.174 e. The second-order valence-corrected chi connectivity index (χ2v) is 6.35. The topological polar surface area (TPSA) is 67.8 Å². The molecule has 0 aromatic heterocycles. The lowest BCUT2D eigenvalue weighted by Crippen LogP contribution is -2.26. The second kappa shape index (κ2) is 7.59. The number of ether oxygens (including phenoxy) is 1. The van der Waals surface area contributed by atoms with Crippen molar-refractivity contribution in [1.29, 1.82) is 0 Å². The zero-order chi connectivity index (χ0) is 15.2. The van der Waals surface area contributed by atoms with Gasteiger partial charge in [0.15, 0.2) is 5.84 Å². The van der Waals surface area contributed by atoms with Crippen LogP contribution >= 0.6 is 11.8 Å². The van der Waals surface area contributed by atoms with Crippen molar-refractivity contribution in [3.05, 3.63) is 23.8 Å². The molecule has 1 aromatic rings. The third-order valence-corrected chi connectivity index (χ3v) is 4.96. The lowest BCUT2D eigenvalue weighted by atomic mass is 9.85. The molecule has 1 aromatic carbocycles. The molecule has 5 heteroatoms. The van der Waals surface area contributed by atoms with Crippen LogP contribution in [0.15, 0.2) is 28.3 Å². The van der Waals surface area contributed by atoms with Gasteiger partial charge in [-0.2, -0.15) is 0 Å². The van der Waals surface area contributed by atoms with E-state index in [1.165, 1.54) is 19.3 Å². The Kier molecular flexibility index (Phi) is 5.79. The lowest BCUT2D eigenvalue weighted by Gasteiger charge is -2.29. The van der Waals surface area contributed by atoms with Crippen molar-refractivity contribution >= 4 is 17.6 Å². The Hall–Kier alpha value is -1.36. The molecule has 1 aliphatic rings. The summed E-state index contributed by atoms with van der Waals surface area (Å²) in [6.45, 7) is 2.24. The van der Waals surface area contributed by atoms with Crippen molar-refractivity contribution in [2.75, 3.05) is 6.26 Å². The van der Waals surface area contributed by atoms with Crippen molar-refractivity contribution in [1.82, 2.24) is 0 Å². The van der Waals surface area contributed by atoms with Gasteiger partial charge in [0.2, 0.25) is 0 Å². The van der Waals surface area contributed by atoms with E-state index in [1.54, 1.807) is 11.8 Å². The van der Waals surface area contributed by atoms with Crippen molar-refractivity contribution in [3.63, 3.8) is 0 Å². The molecule has 2 atom stereocenters. The highest BCUT2D eigenvalue weighted by Crippen LogP contribution is 2.33. The molecule has 3 N–H and O–H groups in total. The molecule has 0 heterocycles. The van der Waals surface area contributed by atoms with Crippen LogP contribution in [0.3, 0.4) is 0 Å². The summed E-state index contributed by atoms with van der Waals surface area (Å²) in [5.41, 5.74) is 6.54. The molecule has 1 fully saturated rings. The Balaban J connectivity index is 2.23. The molecule has 0 aliphatic heterocycles. The van der Waals surface area contributed by atoms with Crippen molar-refractivity contribution in [2.45, 2.75) is 50.0 Å². The highest BCUT2D eigenvalue weighted by Gasteiger charge is 2.24. The largest absolute Gasteiger partial charge is 0.490 e. The number of nitrogens with two attached hydrogens (primary N) is 1. The van der Waals surface area contributed by atoms with Gasteiger partial charge >= 0.3 is 0 Å². The van der Waals surface area contributed by atoms with Crippen molar-refractivity contribution < 1.29 is 9.94 Å². The molecule has 2 unspecified atom stereocenters. The van der Waals surface area contributed by atoms with Gasteiger partial charge in [-0.25, -0.2) is 0 Å². The normalized spacial score (nSPS) is 23.0. The van der Waals surface area contributed by atoms with E-state index in [2.05, 4.69) is 12.1 Å². The van der Waals surface area contributed by atoms with Gasteiger partial charge in [-0.1, -0.05) is 31.0 Å². The molecule has 1 aliphatic carbocycles. The minimum absolute atomic E-state index is 0.109. The number of oxime groups is 1. The van der Waals surface area contributed by atoms with Gasteiger partial charge in [0.05, 0.1) is 11.7 Å². The number of benzene rings is 1. The van der Waals surface area contributed by atoms with E-state index in [0.717, 1.165) is 29.4 Å². The van der Waals surface area contributed by atoms with E-state index in [0.29, 0.717) is 5.56 Å². The standard InChI is InChI=1S/C16H24N2O2S/c1-3-11-6-4-7-12(10-11)20-13-8-5-9-14(21-2)15(13)16(17)18-19/h5,8-9,11-12,19H,3-4,6-7,10H2,1-2H3,(H2,17,18). The fourth-order valence-electron chi connectivity index (χ4n) is 2.98. The van der Waals surface area contributed by atoms with E-state index in [9.17, 15) is 0 Å². The van der Waals surface area contributed by atoms with E-state index < -0.39 is 0 Å². The Morgan fingerprint density at radius 3 is 2.95 bits per heavy atom. The first-order valence-electron chi connectivity index (χ1n) is 7.51. The molecule has 116 valence electrons. The number of hydrogen-bond acceptors (Lipinski definition) is 4. The average Bonchev–Trinajstić information content (AvgIpc) is 2.54. The molecule has 0 spiro atoms. The highest BCUT2D eigenvalue weighted by atomic mass is 32.2. The van der Waals surface area contributed by atoms with Crippen LogP contribution in [0.4, 0.5) is 0 Å². The van der Waals surface area contributed by atoms with Crippen molar-refractivity contribution in [2.24, 2.45) is 16.8 Å². The molecule has 1 saturated carbocycles. The quantitative estimate of drug-likeness (QED) is 0.285. The molecule has 21 heavy (non-hydrogen) atoms. The summed E-state index contributed by atoms with van der Waals surface area (Å²) in [6.07, 6.45) is 8.09. The van der Waals surface area contributed by atoms with Crippen LogP contribution in [-0.2, 0) is 0 Å². The zero-order valence-electron chi connectivity index (χ0n) is 12.7. The summed E-state index contributed by atoms with van der Waals surface area (Å²) in [5.74, 6) is 1.58. The molecule has 0 bridgehead atoms. The molecule has 0 amide bonds. The van der Waals surface area contributed by atoms with Crippen LogP contribution in [0.25, 0.3) is 0 Å². The first-order valence-corrected chi connectivity index (χ1v) is 8.73. The molecular formula is C16H24N2O2S. The van der Waals surface area contributed by atoms with Crippen LogP contribution in [0.1, 0.15) is 44.6 Å². The Bertz CT molecular complexity index is 505. The van der Waals surface area contributed by atoms with E-state index in [-0.39, 0.29) is 11.9 Å². The fraction of sp³-hybridized carbons (Fsp3) is 0.562. The Morgan fingerprint density at radius 1 is 1.48 bits per heavy atom. The number of amidine groups is 1. The summed E-state index contributed by atoms with van der Waals surface area (Å²) in [5, 5.41) is 12.2. The van der Waals surface area contributed by atoms with Crippen LogP contribution in [0.2, 0.25) is 0 Å². The summed E-state index contributed by atoms with van der Waals surface area (Å²) in [4.78, 5) is 0.964. The first kappa shape index (κ1) is 16.0. The van der Waals surface area contributed by atoms with Crippen LogP contribution in [0.5, 0.6) is 5.75 Å². The number of thioether (sulfide) groups is 1. The summed E-state index contributed by atoms with van der Waals surface area (Å²) < 4.78 is 6.20. The van der Waals surface area contributed by atoms with Gasteiger partial charge in [0.25, 0.3) is 0 Å². The Morgan fingerprint density at radius 2 is 2.29 bits per heavy atom. The minimum atomic E-state index is 0.109. The van der Waals surface area contributed by atoms with E-state index >= 15 is 0 Å². The summed E-state index contributed by atoms with van der Waals surface area (Å²) in [7, 11) is 0. The van der Waals surface area contributed by atoms with Gasteiger partial charge in [0.1, 0.15) is 5.75 Å². The number of nitrogens with zero attached hydrogens (tertiary/aromatic N) is 1. The average molecular weight is 308 g/mol. The summed E-state index contributed by atoms with van der Waals surface area (Å²) in [6, 6.07) is 5.82. The van der Waals surface area contributed by atoms with Gasteiger partial charge in [-0.3, -0.25) is 0 Å². The minimum Gasteiger partial charge on any atom is -0.490 e. The van der Waals surface area contributed by atoms with Gasteiger partial charge in [-0.15, -0.1) is 11.8 Å². The third kappa shape index (κ3) is 3.84. The van der Waals surface area contributed by atoms with E-state index in [4.69, 9.17) is 15.7 Å². The molecule has 4 nitrogen and oxygen atoms in total. The fourth-order valence-corrected chi connectivity index (χ4v) is 3.60. The zero-order valence-corrected chi connectivity index (χ0v) is 13.5. The second-order valence-electron chi connectivity index (χ2n) is 5.50. The highest BCUT2D eigenvalue weighted by molar-refractivity contribution is 7.98. The Labute approximate surface area is 130 Å². The van der Waals surface area contributed by atoms with Crippen LogP contribution < -0.4 is 10.5 Å². The number of rotatable bonds is 5. The smallest absolute Gasteiger partial charge is 0.174 e. The predicted octanol–water partition coefficient (Wildman–Crippen LogP) is 3.85. The SMILES string of the molecule is CCC1CCCC(Oc2cccc(SC)c2/C(N)=N/O)C1. The number of hydrogen-bond donors (Lipinski definition) is 2. The van der Waals surface area contributed by atoms with Gasteiger partial charge < -0.3 is 15.7 Å². The maximum atomic E-state index is 9.02. The van der Waals surface area contributed by atoms with Crippen molar-refractivity contribution in [3.8, 4) is 5.75 Å². The first-order chi connectivity index (χ1) is 10.2. The monoisotopic (exact) mass is 308 g/mol. The molecular weight excluding hydrogens is 284 g/mol. The maximum absolute atomic E-state index is 9.02. The molecule has 2 rings (SSSR count). The summed E-state index contributed by atoms with van der Waals surface area (Å²) >= 11 is 1.57. The van der Waals surface area contributed by atoms with E-state index in [1.807, 2.05) is 24.5 Å². The van der Waals surface area contributed by atoms with Crippen LogP contribution in [0, 0.1) is 5.92 Å². The predicted molar refractivity (Wildman–Crippen MR) is 87.4 cm³/mol. The lowest BCUT2D eigenvalue weighted by molar-refractivity contribution is 0.121. The van der Waals surface area contributed by atoms with Gasteiger partial charge in [0, 0.05) is 4.90 Å². The van der Waals surface area contributed by atoms with Gasteiger partial charge in [-0.05, 0) is 43.6 Å². The third-order valence-electron chi connectivity index (χ3n) is 4.18. The molecule has 0 saturated heterocycles. The van der Waals surface area contributed by atoms with Crippen LogP contribution in [-0.4, -0.2) is 23.4 Å². The molecule has 0 radical (unpaired) electrons.